The summed E-state index contributed by atoms with van der Waals surface area (Å²) in [5, 5.41) is 0.535. The molecular weight excluding hydrogens is 210 g/mol. The van der Waals surface area contributed by atoms with Crippen LogP contribution in [0.2, 0.25) is 5.15 Å². The van der Waals surface area contributed by atoms with E-state index in [1.54, 1.807) is 12.3 Å². The molecule has 15 heavy (non-hydrogen) atoms. The molecule has 0 saturated heterocycles. The zero-order valence-electron chi connectivity index (χ0n) is 8.79. The second-order valence-electron chi connectivity index (χ2n) is 4.13. The van der Waals surface area contributed by atoms with Crippen molar-refractivity contribution in [3.8, 4) is 0 Å². The van der Waals surface area contributed by atoms with Gasteiger partial charge in [0, 0.05) is 12.8 Å². The molecule has 1 heterocycles. The Morgan fingerprint density at radius 1 is 1.40 bits per heavy atom. The predicted molar refractivity (Wildman–Crippen MR) is 60.9 cm³/mol. The molecule has 1 aliphatic rings. The van der Waals surface area contributed by atoms with Gasteiger partial charge in [0.25, 0.3) is 0 Å². The molecule has 1 aromatic rings. The first-order valence-electron chi connectivity index (χ1n) is 5.53. The topological polar surface area (TPSA) is 22.1 Å². The maximum absolute atomic E-state index is 5.69. The first-order valence-corrected chi connectivity index (χ1v) is 5.90. The summed E-state index contributed by atoms with van der Waals surface area (Å²) >= 11 is 5.69. The summed E-state index contributed by atoms with van der Waals surface area (Å²) in [6.07, 6.45) is 7.18. The highest BCUT2D eigenvalue weighted by Crippen LogP contribution is 2.29. The lowest BCUT2D eigenvalue weighted by Gasteiger charge is -2.24. The van der Waals surface area contributed by atoms with Gasteiger partial charge in [-0.2, -0.15) is 0 Å². The highest BCUT2D eigenvalue weighted by atomic mass is 35.5. The van der Waals surface area contributed by atoms with Crippen molar-refractivity contribution in [2.75, 3.05) is 6.61 Å². The highest BCUT2D eigenvalue weighted by molar-refractivity contribution is 6.29. The fourth-order valence-electron chi connectivity index (χ4n) is 1.71. The molecule has 0 N–H and O–H groups in total. The third-order valence-electron chi connectivity index (χ3n) is 2.95. The molecule has 1 saturated carbocycles. The van der Waals surface area contributed by atoms with Gasteiger partial charge in [-0.1, -0.05) is 36.9 Å². The van der Waals surface area contributed by atoms with Crippen molar-refractivity contribution in [1.29, 1.82) is 0 Å². The molecular formula is C12H16ClNO. The molecule has 1 aromatic heterocycles. The quantitative estimate of drug-likeness (QED) is 0.566. The van der Waals surface area contributed by atoms with E-state index < -0.39 is 0 Å². The number of pyridine rings is 1. The van der Waals surface area contributed by atoms with Gasteiger partial charge < -0.3 is 4.74 Å². The van der Waals surface area contributed by atoms with Crippen LogP contribution in [0.3, 0.4) is 0 Å². The number of halogens is 1. The van der Waals surface area contributed by atoms with E-state index in [0.29, 0.717) is 11.8 Å². The Labute approximate surface area is 95.6 Å². The van der Waals surface area contributed by atoms with Crippen molar-refractivity contribution in [3.05, 3.63) is 29.0 Å². The Morgan fingerprint density at radius 3 is 2.87 bits per heavy atom. The normalized spacial score (nSPS) is 16.3. The standard InChI is InChI=1S/C12H16ClNO/c13-12-5-4-11(8-14-12)9-15-7-6-10-2-1-3-10/h4-5,8,10H,1-3,6-7,9H2. The van der Waals surface area contributed by atoms with Crippen LogP contribution in [0.15, 0.2) is 18.3 Å². The Balaban J connectivity index is 1.62. The van der Waals surface area contributed by atoms with Gasteiger partial charge in [-0.3, -0.25) is 0 Å². The SMILES string of the molecule is Clc1ccc(COCCC2CCC2)cn1. The summed E-state index contributed by atoms with van der Waals surface area (Å²) < 4.78 is 5.58. The maximum Gasteiger partial charge on any atom is 0.129 e. The number of hydrogen-bond acceptors (Lipinski definition) is 2. The average Bonchev–Trinajstić information content (AvgIpc) is 2.18. The molecule has 0 aromatic carbocycles. The Bertz CT molecular complexity index is 295. The van der Waals surface area contributed by atoms with E-state index in [0.717, 1.165) is 18.1 Å². The van der Waals surface area contributed by atoms with E-state index in [4.69, 9.17) is 16.3 Å². The van der Waals surface area contributed by atoms with Crippen LogP contribution >= 0.6 is 11.6 Å². The number of hydrogen-bond donors (Lipinski definition) is 0. The van der Waals surface area contributed by atoms with Gasteiger partial charge in [0.2, 0.25) is 0 Å². The first kappa shape index (κ1) is 10.9. The predicted octanol–water partition coefficient (Wildman–Crippen LogP) is 3.44. The van der Waals surface area contributed by atoms with Crippen molar-refractivity contribution in [2.24, 2.45) is 5.92 Å². The second-order valence-corrected chi connectivity index (χ2v) is 4.51. The van der Waals surface area contributed by atoms with Crippen LogP contribution in [0.1, 0.15) is 31.2 Å². The molecule has 2 rings (SSSR count). The number of ether oxygens (including phenoxy) is 1. The van der Waals surface area contributed by atoms with E-state index in [1.165, 1.54) is 25.7 Å². The maximum atomic E-state index is 5.69. The Morgan fingerprint density at radius 2 is 2.27 bits per heavy atom. The van der Waals surface area contributed by atoms with Gasteiger partial charge in [0.1, 0.15) is 5.15 Å². The van der Waals surface area contributed by atoms with E-state index >= 15 is 0 Å². The number of aromatic nitrogens is 1. The number of rotatable bonds is 5. The molecule has 3 heteroatoms. The van der Waals surface area contributed by atoms with Gasteiger partial charge in [-0.05, 0) is 24.0 Å². The highest BCUT2D eigenvalue weighted by Gasteiger charge is 2.16. The van der Waals surface area contributed by atoms with Crippen LogP contribution in [0.25, 0.3) is 0 Å². The molecule has 0 unspecified atom stereocenters. The molecule has 2 nitrogen and oxygen atoms in total. The zero-order valence-corrected chi connectivity index (χ0v) is 9.54. The molecule has 0 radical (unpaired) electrons. The fourth-order valence-corrected chi connectivity index (χ4v) is 1.83. The molecule has 0 spiro atoms. The largest absolute Gasteiger partial charge is 0.377 e. The second kappa shape index (κ2) is 5.47. The van der Waals surface area contributed by atoms with Crippen LogP contribution in [-0.2, 0) is 11.3 Å². The molecule has 0 atom stereocenters. The van der Waals surface area contributed by atoms with Gasteiger partial charge in [-0.15, -0.1) is 0 Å². The summed E-state index contributed by atoms with van der Waals surface area (Å²) in [6.45, 7) is 1.52. The monoisotopic (exact) mass is 225 g/mol. The van der Waals surface area contributed by atoms with Crippen LogP contribution in [-0.4, -0.2) is 11.6 Å². The Hall–Kier alpha value is -0.600. The minimum Gasteiger partial charge on any atom is -0.377 e. The minimum atomic E-state index is 0.535. The van der Waals surface area contributed by atoms with Crippen LogP contribution < -0.4 is 0 Å². The van der Waals surface area contributed by atoms with E-state index in [2.05, 4.69) is 4.98 Å². The first-order chi connectivity index (χ1) is 7.34. The summed E-state index contributed by atoms with van der Waals surface area (Å²) in [5.41, 5.74) is 1.09. The van der Waals surface area contributed by atoms with Crippen molar-refractivity contribution in [1.82, 2.24) is 4.98 Å². The third-order valence-corrected chi connectivity index (χ3v) is 3.18. The van der Waals surface area contributed by atoms with Crippen LogP contribution in [0.4, 0.5) is 0 Å². The lowest BCUT2D eigenvalue weighted by atomic mass is 9.83. The lowest BCUT2D eigenvalue weighted by molar-refractivity contribution is 0.0948. The van der Waals surface area contributed by atoms with Crippen molar-refractivity contribution >= 4 is 11.6 Å². The third kappa shape index (κ3) is 3.47. The van der Waals surface area contributed by atoms with Gasteiger partial charge in [0.15, 0.2) is 0 Å². The van der Waals surface area contributed by atoms with Gasteiger partial charge in [0.05, 0.1) is 6.61 Å². The molecule has 82 valence electrons. The smallest absolute Gasteiger partial charge is 0.129 e. The summed E-state index contributed by atoms with van der Waals surface area (Å²) in [6, 6.07) is 3.75. The van der Waals surface area contributed by atoms with Crippen molar-refractivity contribution in [3.63, 3.8) is 0 Å². The minimum absolute atomic E-state index is 0.535. The van der Waals surface area contributed by atoms with Gasteiger partial charge in [-0.25, -0.2) is 4.98 Å². The van der Waals surface area contributed by atoms with Crippen molar-refractivity contribution < 1.29 is 4.74 Å². The average molecular weight is 226 g/mol. The molecule has 1 fully saturated rings. The summed E-state index contributed by atoms with van der Waals surface area (Å²) in [5.74, 6) is 0.924. The summed E-state index contributed by atoms with van der Waals surface area (Å²) in [7, 11) is 0. The fraction of sp³-hybridized carbons (Fsp3) is 0.583. The zero-order chi connectivity index (χ0) is 10.5. The van der Waals surface area contributed by atoms with Crippen LogP contribution in [0, 0.1) is 5.92 Å². The van der Waals surface area contributed by atoms with E-state index in [1.807, 2.05) is 6.07 Å². The van der Waals surface area contributed by atoms with Gasteiger partial charge >= 0.3 is 0 Å². The van der Waals surface area contributed by atoms with E-state index in [-0.39, 0.29) is 0 Å². The van der Waals surface area contributed by atoms with E-state index in [9.17, 15) is 0 Å². The molecule has 0 aliphatic heterocycles. The van der Waals surface area contributed by atoms with Crippen molar-refractivity contribution in [2.45, 2.75) is 32.3 Å². The summed E-state index contributed by atoms with van der Waals surface area (Å²) in [4.78, 5) is 4.01. The molecule has 1 aliphatic carbocycles. The van der Waals surface area contributed by atoms with Crippen LogP contribution in [0.5, 0.6) is 0 Å². The molecule has 0 bridgehead atoms. The Kier molecular flexibility index (Phi) is 3.98. The number of nitrogens with zero attached hydrogens (tertiary/aromatic N) is 1. The molecule has 0 amide bonds. The lowest BCUT2D eigenvalue weighted by Crippen LogP contribution is -2.13.